The molecule has 3 heterocycles. The van der Waals surface area contributed by atoms with Gasteiger partial charge in [-0.25, -0.2) is 9.97 Å². The van der Waals surface area contributed by atoms with Crippen molar-refractivity contribution >= 4 is 5.96 Å². The second-order valence-corrected chi connectivity index (χ2v) is 7.98. The van der Waals surface area contributed by atoms with Gasteiger partial charge in [0.25, 0.3) is 0 Å². The second-order valence-electron chi connectivity index (χ2n) is 7.98. The smallest absolute Gasteiger partial charge is 0.191 e. The topological polar surface area (TPSA) is 70.4 Å². The van der Waals surface area contributed by atoms with Gasteiger partial charge < -0.3 is 10.6 Å². The third-order valence-corrected chi connectivity index (χ3v) is 5.74. The molecule has 1 fully saturated rings. The Labute approximate surface area is 184 Å². The normalized spacial score (nSPS) is 15.7. The average Bonchev–Trinajstić information content (AvgIpc) is 3.24. The summed E-state index contributed by atoms with van der Waals surface area (Å²) in [5.74, 6) is 2.65. The fraction of sp³-hybridized carbons (Fsp3) is 0.375. The van der Waals surface area contributed by atoms with E-state index in [1.807, 2.05) is 37.0 Å². The Kier molecular flexibility index (Phi) is 6.94. The van der Waals surface area contributed by atoms with Crippen LogP contribution in [0.2, 0.25) is 0 Å². The Bertz CT molecular complexity index is 971. The molecule has 0 amide bonds. The van der Waals surface area contributed by atoms with E-state index < -0.39 is 0 Å². The van der Waals surface area contributed by atoms with Gasteiger partial charge in [0.05, 0.1) is 0 Å². The van der Waals surface area contributed by atoms with E-state index in [1.54, 1.807) is 6.20 Å². The van der Waals surface area contributed by atoms with Gasteiger partial charge in [-0.1, -0.05) is 36.4 Å². The molecule has 0 unspecified atom stereocenters. The molecule has 0 aliphatic carbocycles. The van der Waals surface area contributed by atoms with Gasteiger partial charge in [0.15, 0.2) is 5.96 Å². The lowest BCUT2D eigenvalue weighted by Crippen LogP contribution is -2.48. The minimum absolute atomic E-state index is 0.447. The predicted molar refractivity (Wildman–Crippen MR) is 124 cm³/mol. The standard InChI is InChI=1S/C24H31N7/c1-19-26-12-15-31(19)23-9-8-21(16-27-23)17-28-24(25-2)29-22-10-13-30(14-11-22)18-20-6-4-3-5-7-20/h3-9,12,15-16,22H,10-11,13-14,17-18H2,1-2H3,(H2,25,28,29). The molecule has 7 heteroatoms. The van der Waals surface area contributed by atoms with Gasteiger partial charge in [0, 0.05) is 57.9 Å². The Morgan fingerprint density at radius 3 is 2.52 bits per heavy atom. The van der Waals surface area contributed by atoms with Gasteiger partial charge in [-0.3, -0.25) is 14.5 Å². The quantitative estimate of drug-likeness (QED) is 0.477. The number of guanidine groups is 1. The predicted octanol–water partition coefficient (Wildman–Crippen LogP) is 2.91. The highest BCUT2D eigenvalue weighted by Crippen LogP contribution is 2.14. The molecule has 31 heavy (non-hydrogen) atoms. The molecule has 1 aromatic carbocycles. The first-order chi connectivity index (χ1) is 15.2. The van der Waals surface area contributed by atoms with Crippen LogP contribution >= 0.6 is 0 Å². The highest BCUT2D eigenvalue weighted by atomic mass is 15.2. The summed E-state index contributed by atoms with van der Waals surface area (Å²) >= 11 is 0. The van der Waals surface area contributed by atoms with Crippen molar-refractivity contribution in [2.45, 2.75) is 38.9 Å². The number of piperidine rings is 1. The molecule has 4 rings (SSSR count). The SMILES string of the molecule is CN=C(NCc1ccc(-n2ccnc2C)nc1)NC1CCN(Cc2ccccc2)CC1. The number of imidazole rings is 1. The van der Waals surface area contributed by atoms with Crippen LogP contribution in [0, 0.1) is 6.92 Å². The van der Waals surface area contributed by atoms with E-state index in [4.69, 9.17) is 0 Å². The van der Waals surface area contributed by atoms with Crippen LogP contribution < -0.4 is 10.6 Å². The zero-order valence-electron chi connectivity index (χ0n) is 18.3. The number of nitrogens with zero attached hydrogens (tertiary/aromatic N) is 5. The van der Waals surface area contributed by atoms with Crippen LogP contribution in [0.1, 0.15) is 29.8 Å². The number of benzene rings is 1. The fourth-order valence-corrected chi connectivity index (χ4v) is 3.93. The molecule has 7 nitrogen and oxygen atoms in total. The monoisotopic (exact) mass is 417 g/mol. The summed E-state index contributed by atoms with van der Waals surface area (Å²) in [6, 6.07) is 15.3. The Balaban J connectivity index is 1.23. The zero-order chi connectivity index (χ0) is 21.5. The largest absolute Gasteiger partial charge is 0.354 e. The first-order valence-electron chi connectivity index (χ1n) is 10.9. The molecule has 1 aliphatic rings. The molecule has 1 saturated heterocycles. The number of hydrogen-bond acceptors (Lipinski definition) is 4. The third kappa shape index (κ3) is 5.70. The van der Waals surface area contributed by atoms with Gasteiger partial charge in [0.2, 0.25) is 0 Å². The van der Waals surface area contributed by atoms with E-state index in [0.717, 1.165) is 55.6 Å². The van der Waals surface area contributed by atoms with Crippen LogP contribution in [-0.2, 0) is 13.1 Å². The Morgan fingerprint density at radius 1 is 1.06 bits per heavy atom. The molecule has 0 atom stereocenters. The van der Waals surface area contributed by atoms with Gasteiger partial charge in [0.1, 0.15) is 11.6 Å². The number of rotatable bonds is 6. The number of likely N-dealkylation sites (tertiary alicyclic amines) is 1. The molecule has 2 aromatic heterocycles. The summed E-state index contributed by atoms with van der Waals surface area (Å²) in [7, 11) is 1.82. The van der Waals surface area contributed by atoms with Crippen molar-refractivity contribution in [1.29, 1.82) is 0 Å². The molecule has 0 saturated carbocycles. The molecule has 0 spiro atoms. The van der Waals surface area contributed by atoms with Crippen molar-refractivity contribution in [3.05, 3.63) is 78.0 Å². The average molecular weight is 418 g/mol. The van der Waals surface area contributed by atoms with E-state index >= 15 is 0 Å². The highest BCUT2D eigenvalue weighted by Gasteiger charge is 2.20. The molecular formula is C24H31N7. The summed E-state index contributed by atoms with van der Waals surface area (Å²) in [5.41, 5.74) is 2.50. The number of pyridine rings is 1. The van der Waals surface area contributed by atoms with Crippen LogP contribution in [0.5, 0.6) is 0 Å². The van der Waals surface area contributed by atoms with Crippen molar-refractivity contribution in [1.82, 2.24) is 30.1 Å². The number of aliphatic imine (C=N–C) groups is 1. The highest BCUT2D eigenvalue weighted by molar-refractivity contribution is 5.79. The summed E-state index contributed by atoms with van der Waals surface area (Å²) < 4.78 is 1.97. The zero-order valence-corrected chi connectivity index (χ0v) is 18.3. The number of aromatic nitrogens is 3. The number of aryl methyl sites for hydroxylation is 1. The minimum Gasteiger partial charge on any atom is -0.354 e. The summed E-state index contributed by atoms with van der Waals surface area (Å²) in [4.78, 5) is 15.7. The van der Waals surface area contributed by atoms with Crippen LogP contribution in [0.3, 0.4) is 0 Å². The van der Waals surface area contributed by atoms with Gasteiger partial charge >= 0.3 is 0 Å². The van der Waals surface area contributed by atoms with Crippen molar-refractivity contribution in [2.24, 2.45) is 4.99 Å². The van der Waals surface area contributed by atoms with Gasteiger partial charge in [-0.05, 0) is 37.0 Å². The Morgan fingerprint density at radius 2 is 1.87 bits per heavy atom. The van der Waals surface area contributed by atoms with E-state index in [0.29, 0.717) is 12.6 Å². The molecule has 162 valence electrons. The van der Waals surface area contributed by atoms with Crippen LogP contribution in [0.4, 0.5) is 0 Å². The molecule has 2 N–H and O–H groups in total. The lowest BCUT2D eigenvalue weighted by atomic mass is 10.0. The van der Waals surface area contributed by atoms with Crippen molar-refractivity contribution in [3.63, 3.8) is 0 Å². The lowest BCUT2D eigenvalue weighted by molar-refractivity contribution is 0.198. The number of hydrogen-bond donors (Lipinski definition) is 2. The van der Waals surface area contributed by atoms with Crippen molar-refractivity contribution in [2.75, 3.05) is 20.1 Å². The summed E-state index contributed by atoms with van der Waals surface area (Å²) in [6.45, 7) is 5.88. The lowest BCUT2D eigenvalue weighted by Gasteiger charge is -2.33. The maximum atomic E-state index is 4.56. The Hall–Kier alpha value is -3.19. The maximum Gasteiger partial charge on any atom is 0.191 e. The van der Waals surface area contributed by atoms with Crippen molar-refractivity contribution < 1.29 is 0 Å². The second kappa shape index (κ2) is 10.2. The fourth-order valence-electron chi connectivity index (χ4n) is 3.93. The molecule has 0 bridgehead atoms. The first-order valence-corrected chi connectivity index (χ1v) is 10.9. The molecule has 3 aromatic rings. The molecule has 1 aliphatic heterocycles. The molecular weight excluding hydrogens is 386 g/mol. The third-order valence-electron chi connectivity index (χ3n) is 5.74. The van der Waals surface area contributed by atoms with Crippen LogP contribution in [0.15, 0.2) is 66.0 Å². The van der Waals surface area contributed by atoms with E-state index in [-0.39, 0.29) is 0 Å². The van der Waals surface area contributed by atoms with E-state index in [9.17, 15) is 0 Å². The van der Waals surface area contributed by atoms with Gasteiger partial charge in [-0.15, -0.1) is 0 Å². The number of nitrogens with one attached hydrogen (secondary N) is 2. The van der Waals surface area contributed by atoms with Crippen molar-refractivity contribution in [3.8, 4) is 5.82 Å². The van der Waals surface area contributed by atoms with E-state index in [1.165, 1.54) is 5.56 Å². The van der Waals surface area contributed by atoms with Crippen LogP contribution in [-0.4, -0.2) is 51.6 Å². The first kappa shape index (κ1) is 21.1. The van der Waals surface area contributed by atoms with Crippen LogP contribution in [0.25, 0.3) is 5.82 Å². The summed E-state index contributed by atoms with van der Waals surface area (Å²) in [5, 5.41) is 7.00. The summed E-state index contributed by atoms with van der Waals surface area (Å²) in [6.07, 6.45) is 7.85. The maximum absolute atomic E-state index is 4.56. The van der Waals surface area contributed by atoms with Gasteiger partial charge in [-0.2, -0.15) is 0 Å². The van der Waals surface area contributed by atoms with E-state index in [2.05, 4.69) is 66.9 Å². The molecule has 0 radical (unpaired) electrons. The minimum atomic E-state index is 0.447.